The van der Waals surface area contributed by atoms with Gasteiger partial charge in [-0.15, -0.1) is 0 Å². The van der Waals surface area contributed by atoms with Crippen molar-refractivity contribution in [2.75, 3.05) is 0 Å². The van der Waals surface area contributed by atoms with Crippen LogP contribution in [0.25, 0.3) is 0 Å². The summed E-state index contributed by atoms with van der Waals surface area (Å²) >= 11 is 0. The normalized spacial score (nSPS) is 10.1. The van der Waals surface area contributed by atoms with Crippen molar-refractivity contribution in [2.45, 2.75) is 19.9 Å². The zero-order valence-electron chi connectivity index (χ0n) is 11.4. The van der Waals surface area contributed by atoms with Gasteiger partial charge < -0.3 is 5.32 Å². The van der Waals surface area contributed by atoms with Crippen LogP contribution in [0.5, 0.6) is 0 Å². The summed E-state index contributed by atoms with van der Waals surface area (Å²) < 4.78 is 0. The molecule has 0 fully saturated rings. The molecule has 2 rings (SSSR count). The Morgan fingerprint density at radius 1 is 0.900 bits per heavy atom. The average Bonchev–Trinajstić information content (AvgIpc) is 2.46. The maximum absolute atomic E-state index is 12.0. The van der Waals surface area contributed by atoms with Gasteiger partial charge in [0.05, 0.1) is 0 Å². The van der Waals surface area contributed by atoms with Gasteiger partial charge in [-0.2, -0.15) is 0 Å². The van der Waals surface area contributed by atoms with Crippen LogP contribution in [0.4, 0.5) is 0 Å². The van der Waals surface area contributed by atoms with E-state index in [4.69, 9.17) is 0 Å². The number of benzene rings is 2. The molecule has 0 aliphatic carbocycles. The monoisotopic (exact) mass is 267 g/mol. The lowest BCUT2D eigenvalue weighted by atomic mass is 10.1. The van der Waals surface area contributed by atoms with Crippen LogP contribution in [0.3, 0.4) is 0 Å². The molecule has 0 aromatic heterocycles. The van der Waals surface area contributed by atoms with Crippen LogP contribution in [0.15, 0.2) is 54.6 Å². The molecule has 1 N–H and O–H groups in total. The molecule has 0 bridgehead atoms. The topological polar surface area (TPSA) is 46.2 Å². The number of hydrogen-bond acceptors (Lipinski definition) is 2. The van der Waals surface area contributed by atoms with E-state index in [-0.39, 0.29) is 11.7 Å². The molecule has 20 heavy (non-hydrogen) atoms. The van der Waals surface area contributed by atoms with Crippen molar-refractivity contribution >= 4 is 11.7 Å². The van der Waals surface area contributed by atoms with Gasteiger partial charge in [-0.05, 0) is 30.2 Å². The van der Waals surface area contributed by atoms with Crippen molar-refractivity contribution in [2.24, 2.45) is 0 Å². The largest absolute Gasteiger partial charge is 0.348 e. The molecule has 0 saturated carbocycles. The van der Waals surface area contributed by atoms with Crippen molar-refractivity contribution in [3.8, 4) is 0 Å². The lowest BCUT2D eigenvalue weighted by Gasteiger charge is -2.06. The summed E-state index contributed by atoms with van der Waals surface area (Å²) in [5, 5.41) is 2.87. The number of nitrogens with one attached hydrogen (secondary N) is 1. The number of carbonyl (C=O) groups excluding carboxylic acids is 2. The van der Waals surface area contributed by atoms with E-state index in [9.17, 15) is 9.59 Å². The first-order valence-electron chi connectivity index (χ1n) is 6.55. The zero-order valence-corrected chi connectivity index (χ0v) is 11.4. The van der Waals surface area contributed by atoms with E-state index in [1.54, 1.807) is 19.1 Å². The Morgan fingerprint density at radius 3 is 2.15 bits per heavy atom. The van der Waals surface area contributed by atoms with Crippen LogP contribution in [-0.4, -0.2) is 11.7 Å². The first-order chi connectivity index (χ1) is 9.65. The molecule has 0 heterocycles. The Bertz CT molecular complexity index is 588. The van der Waals surface area contributed by atoms with Gasteiger partial charge in [0.1, 0.15) is 5.78 Å². The lowest BCUT2D eigenvalue weighted by Crippen LogP contribution is -2.22. The van der Waals surface area contributed by atoms with Crippen molar-refractivity contribution < 1.29 is 9.59 Å². The maximum atomic E-state index is 12.0. The van der Waals surface area contributed by atoms with Gasteiger partial charge in [-0.3, -0.25) is 9.59 Å². The third-order valence-corrected chi connectivity index (χ3v) is 2.97. The summed E-state index contributed by atoms with van der Waals surface area (Å²) in [4.78, 5) is 23.0. The number of amides is 1. The van der Waals surface area contributed by atoms with Gasteiger partial charge in [0.15, 0.2) is 0 Å². The Morgan fingerprint density at radius 2 is 1.55 bits per heavy atom. The highest BCUT2D eigenvalue weighted by Crippen LogP contribution is 2.06. The molecular weight excluding hydrogens is 250 g/mol. The van der Waals surface area contributed by atoms with Crippen molar-refractivity contribution in [1.29, 1.82) is 0 Å². The van der Waals surface area contributed by atoms with Gasteiger partial charge in [-0.25, -0.2) is 0 Å². The minimum absolute atomic E-state index is 0.108. The van der Waals surface area contributed by atoms with Crippen molar-refractivity contribution in [3.05, 3.63) is 71.3 Å². The van der Waals surface area contributed by atoms with Gasteiger partial charge in [0.25, 0.3) is 5.91 Å². The molecule has 2 aromatic carbocycles. The van der Waals surface area contributed by atoms with Crippen LogP contribution < -0.4 is 5.32 Å². The van der Waals surface area contributed by atoms with Crippen molar-refractivity contribution in [3.63, 3.8) is 0 Å². The van der Waals surface area contributed by atoms with Crippen molar-refractivity contribution in [1.82, 2.24) is 5.32 Å². The minimum atomic E-state index is -0.108. The molecule has 0 aliphatic rings. The standard InChI is InChI=1S/C17H17NO2/c1-13(19)11-14-7-9-16(10-8-14)17(20)18-12-15-5-3-2-4-6-15/h2-10H,11-12H2,1H3,(H,18,20). The first kappa shape index (κ1) is 14.0. The molecule has 0 atom stereocenters. The smallest absolute Gasteiger partial charge is 0.251 e. The number of Topliss-reactive ketones (excluding diaryl/α,β-unsaturated/α-hetero) is 1. The fraction of sp³-hybridized carbons (Fsp3) is 0.176. The third kappa shape index (κ3) is 4.05. The number of ketones is 1. The second-order valence-corrected chi connectivity index (χ2v) is 4.74. The summed E-state index contributed by atoms with van der Waals surface area (Å²) in [5.74, 6) is 0.00880. The summed E-state index contributed by atoms with van der Waals surface area (Å²) in [7, 11) is 0. The predicted octanol–water partition coefficient (Wildman–Crippen LogP) is 2.75. The Kier molecular flexibility index (Phi) is 4.66. The molecule has 0 saturated heterocycles. The predicted molar refractivity (Wildman–Crippen MR) is 78.4 cm³/mol. The molecule has 2 aromatic rings. The molecule has 0 unspecified atom stereocenters. The SMILES string of the molecule is CC(=O)Cc1ccc(C(=O)NCc2ccccc2)cc1. The Balaban J connectivity index is 1.94. The van der Waals surface area contributed by atoms with E-state index in [1.165, 1.54) is 0 Å². The van der Waals surface area contributed by atoms with Gasteiger partial charge >= 0.3 is 0 Å². The second kappa shape index (κ2) is 6.66. The van der Waals surface area contributed by atoms with E-state index < -0.39 is 0 Å². The highest BCUT2D eigenvalue weighted by molar-refractivity contribution is 5.94. The van der Waals surface area contributed by atoms with E-state index in [1.807, 2.05) is 42.5 Å². The van der Waals surface area contributed by atoms with Crippen LogP contribution in [-0.2, 0) is 17.8 Å². The van der Waals surface area contributed by atoms with E-state index in [0.717, 1.165) is 11.1 Å². The Hall–Kier alpha value is -2.42. The summed E-state index contributed by atoms with van der Waals surface area (Å²) in [5.41, 5.74) is 2.60. The van der Waals surface area contributed by atoms with Gasteiger partial charge in [0.2, 0.25) is 0 Å². The van der Waals surface area contributed by atoms with E-state index >= 15 is 0 Å². The van der Waals surface area contributed by atoms with Crippen LogP contribution in [0.2, 0.25) is 0 Å². The molecule has 3 heteroatoms. The maximum Gasteiger partial charge on any atom is 0.251 e. The van der Waals surface area contributed by atoms with E-state index in [2.05, 4.69) is 5.32 Å². The lowest BCUT2D eigenvalue weighted by molar-refractivity contribution is -0.116. The fourth-order valence-electron chi connectivity index (χ4n) is 1.94. The quantitative estimate of drug-likeness (QED) is 0.905. The van der Waals surface area contributed by atoms with Gasteiger partial charge in [0, 0.05) is 18.5 Å². The van der Waals surface area contributed by atoms with Crippen LogP contribution in [0.1, 0.15) is 28.4 Å². The summed E-state index contributed by atoms with van der Waals surface area (Å²) in [6, 6.07) is 16.9. The number of carbonyl (C=O) groups is 2. The highest BCUT2D eigenvalue weighted by Gasteiger charge is 2.05. The molecule has 0 radical (unpaired) electrons. The second-order valence-electron chi connectivity index (χ2n) is 4.74. The average molecular weight is 267 g/mol. The van der Waals surface area contributed by atoms with Gasteiger partial charge in [-0.1, -0.05) is 42.5 Å². The molecule has 102 valence electrons. The third-order valence-electron chi connectivity index (χ3n) is 2.97. The highest BCUT2D eigenvalue weighted by atomic mass is 16.1. The summed E-state index contributed by atoms with van der Waals surface area (Å²) in [6.45, 7) is 2.06. The first-order valence-corrected chi connectivity index (χ1v) is 6.55. The zero-order chi connectivity index (χ0) is 14.4. The fourth-order valence-corrected chi connectivity index (χ4v) is 1.94. The summed E-state index contributed by atoms with van der Waals surface area (Å²) in [6.07, 6.45) is 0.409. The van der Waals surface area contributed by atoms with Crippen LogP contribution in [0, 0.1) is 0 Å². The molecular formula is C17H17NO2. The van der Waals surface area contributed by atoms with Crippen LogP contribution >= 0.6 is 0 Å². The number of rotatable bonds is 5. The molecule has 0 aliphatic heterocycles. The van der Waals surface area contributed by atoms with E-state index in [0.29, 0.717) is 18.5 Å². The Labute approximate surface area is 118 Å². The molecule has 3 nitrogen and oxygen atoms in total. The number of hydrogen-bond donors (Lipinski definition) is 1. The molecule has 0 spiro atoms. The minimum Gasteiger partial charge on any atom is -0.348 e. The molecule has 1 amide bonds.